The molecule has 2 aromatic carbocycles. The highest BCUT2D eigenvalue weighted by Crippen LogP contribution is 2.32. The van der Waals surface area contributed by atoms with Crippen LogP contribution in [-0.2, 0) is 0 Å². The molecule has 3 aromatic rings. The summed E-state index contributed by atoms with van der Waals surface area (Å²) in [7, 11) is 0. The van der Waals surface area contributed by atoms with Crippen LogP contribution in [0.25, 0.3) is 22.5 Å². The third-order valence-corrected chi connectivity index (χ3v) is 3.78. The topological polar surface area (TPSA) is 57.4 Å². The Hall–Kier alpha value is -3.00. The van der Waals surface area contributed by atoms with Gasteiger partial charge >= 0.3 is 6.61 Å². The summed E-state index contributed by atoms with van der Waals surface area (Å²) >= 11 is 6.23. The lowest BCUT2D eigenvalue weighted by molar-refractivity contribution is -0.0514. The molecule has 0 unspecified atom stereocenters. The van der Waals surface area contributed by atoms with E-state index in [9.17, 15) is 13.2 Å². The minimum absolute atomic E-state index is 0.0480. The molecule has 0 N–H and O–H groups in total. The zero-order valence-corrected chi connectivity index (χ0v) is 15.3. The Labute approximate surface area is 163 Å². The Morgan fingerprint density at radius 1 is 1.18 bits per heavy atom. The number of alkyl halides is 2. The van der Waals surface area contributed by atoms with E-state index in [-0.39, 0.29) is 40.7 Å². The third-order valence-electron chi connectivity index (χ3n) is 3.51. The lowest BCUT2D eigenvalue weighted by Crippen LogP contribution is -2.04. The first-order valence-electron chi connectivity index (χ1n) is 8.15. The Balaban J connectivity index is 1.85. The van der Waals surface area contributed by atoms with Crippen LogP contribution >= 0.6 is 11.6 Å². The molecule has 0 atom stereocenters. The van der Waals surface area contributed by atoms with E-state index in [1.54, 1.807) is 6.92 Å². The molecule has 0 aliphatic heterocycles. The maximum atomic E-state index is 13.0. The molecule has 0 radical (unpaired) electrons. The van der Waals surface area contributed by atoms with Crippen molar-refractivity contribution in [1.82, 2.24) is 10.1 Å². The van der Waals surface area contributed by atoms with Crippen LogP contribution in [0.15, 0.2) is 47.0 Å². The lowest BCUT2D eigenvalue weighted by Gasteiger charge is -2.11. The quantitative estimate of drug-likeness (QED) is 0.506. The van der Waals surface area contributed by atoms with Crippen molar-refractivity contribution in [2.75, 3.05) is 6.61 Å². The van der Waals surface area contributed by atoms with Crippen molar-refractivity contribution in [1.29, 1.82) is 0 Å². The molecule has 0 bridgehead atoms. The van der Waals surface area contributed by atoms with Gasteiger partial charge in [-0.2, -0.15) is 13.8 Å². The average Bonchev–Trinajstić information content (AvgIpc) is 3.14. The van der Waals surface area contributed by atoms with Crippen molar-refractivity contribution in [3.05, 3.63) is 59.7 Å². The van der Waals surface area contributed by atoms with Crippen molar-refractivity contribution in [3.63, 3.8) is 0 Å². The number of rotatable bonds is 7. The molecular weight excluding hydrogens is 397 g/mol. The monoisotopic (exact) mass is 410 g/mol. The number of nitrogens with zero attached hydrogens (tertiary/aromatic N) is 2. The number of hydrogen-bond donors (Lipinski definition) is 0. The fourth-order valence-electron chi connectivity index (χ4n) is 2.32. The van der Waals surface area contributed by atoms with Gasteiger partial charge in [-0.25, -0.2) is 4.39 Å². The average molecular weight is 411 g/mol. The summed E-state index contributed by atoms with van der Waals surface area (Å²) in [6.07, 6.45) is 1.51. The number of halogens is 4. The van der Waals surface area contributed by atoms with E-state index in [1.807, 2.05) is 0 Å². The normalized spacial score (nSPS) is 11.7. The highest BCUT2D eigenvalue weighted by molar-refractivity contribution is 6.50. The van der Waals surface area contributed by atoms with Gasteiger partial charge in [0.2, 0.25) is 5.82 Å². The molecule has 28 heavy (non-hydrogen) atoms. The van der Waals surface area contributed by atoms with Crippen LogP contribution < -0.4 is 9.47 Å². The van der Waals surface area contributed by atoms with Gasteiger partial charge in [0.1, 0.15) is 10.8 Å². The van der Waals surface area contributed by atoms with Crippen LogP contribution in [0.5, 0.6) is 11.5 Å². The van der Waals surface area contributed by atoms with E-state index in [0.717, 1.165) is 0 Å². The molecule has 0 saturated carbocycles. The Morgan fingerprint density at radius 2 is 1.93 bits per heavy atom. The number of ether oxygens (including phenoxy) is 2. The van der Waals surface area contributed by atoms with Gasteiger partial charge in [0.25, 0.3) is 5.89 Å². The molecule has 146 valence electrons. The van der Waals surface area contributed by atoms with Crippen molar-refractivity contribution >= 4 is 22.7 Å². The largest absolute Gasteiger partial charge is 0.490 e. The van der Waals surface area contributed by atoms with Gasteiger partial charge in [0.05, 0.1) is 6.61 Å². The van der Waals surface area contributed by atoms with Gasteiger partial charge in [-0.05, 0) is 55.0 Å². The first-order valence-corrected chi connectivity index (χ1v) is 8.53. The van der Waals surface area contributed by atoms with Crippen LogP contribution in [0.2, 0.25) is 0 Å². The van der Waals surface area contributed by atoms with Crippen LogP contribution in [0, 0.1) is 5.82 Å². The minimum Gasteiger partial charge on any atom is -0.490 e. The second-order valence-corrected chi connectivity index (χ2v) is 5.85. The molecule has 0 aliphatic rings. The molecule has 0 spiro atoms. The van der Waals surface area contributed by atoms with E-state index < -0.39 is 6.61 Å². The summed E-state index contributed by atoms with van der Waals surface area (Å²) in [5, 5.41) is 3.94. The minimum atomic E-state index is -2.97. The summed E-state index contributed by atoms with van der Waals surface area (Å²) in [6, 6.07) is 9.96. The zero-order chi connectivity index (χ0) is 20.1. The second kappa shape index (κ2) is 8.79. The molecule has 1 heterocycles. The zero-order valence-electron chi connectivity index (χ0n) is 14.5. The van der Waals surface area contributed by atoms with Crippen LogP contribution in [0.1, 0.15) is 18.4 Å². The number of benzene rings is 2. The molecular formula is C19H14ClF3N2O3. The number of hydrogen-bond acceptors (Lipinski definition) is 5. The van der Waals surface area contributed by atoms with E-state index >= 15 is 0 Å². The number of aromatic nitrogens is 2. The highest BCUT2D eigenvalue weighted by atomic mass is 35.5. The van der Waals surface area contributed by atoms with E-state index in [0.29, 0.717) is 11.1 Å². The maximum absolute atomic E-state index is 13.0. The first kappa shape index (κ1) is 19.8. The van der Waals surface area contributed by atoms with Gasteiger partial charge in [0, 0.05) is 5.56 Å². The van der Waals surface area contributed by atoms with Gasteiger partial charge in [0.15, 0.2) is 11.5 Å². The lowest BCUT2D eigenvalue weighted by atomic mass is 10.2. The molecule has 9 heteroatoms. The Kier molecular flexibility index (Phi) is 6.20. The fraction of sp³-hybridized carbons (Fsp3) is 0.158. The molecule has 3 rings (SSSR count). The predicted molar refractivity (Wildman–Crippen MR) is 97.7 cm³/mol. The predicted octanol–water partition coefficient (Wildman–Crippen LogP) is 5.61. The van der Waals surface area contributed by atoms with Gasteiger partial charge in [-0.1, -0.05) is 22.8 Å². The van der Waals surface area contributed by atoms with Crippen molar-refractivity contribution in [3.8, 4) is 22.9 Å². The van der Waals surface area contributed by atoms with Crippen LogP contribution in [0.3, 0.4) is 0 Å². The van der Waals surface area contributed by atoms with E-state index in [1.165, 1.54) is 48.5 Å². The smallest absolute Gasteiger partial charge is 0.387 e. The Morgan fingerprint density at radius 3 is 2.61 bits per heavy atom. The summed E-state index contributed by atoms with van der Waals surface area (Å²) in [4.78, 5) is 4.17. The summed E-state index contributed by atoms with van der Waals surface area (Å²) in [6.45, 7) is -0.977. The van der Waals surface area contributed by atoms with Gasteiger partial charge in [-0.15, -0.1) is 0 Å². The first-order chi connectivity index (χ1) is 13.5. The third kappa shape index (κ3) is 4.83. The summed E-state index contributed by atoms with van der Waals surface area (Å²) < 4.78 is 52.8. The molecule has 0 amide bonds. The van der Waals surface area contributed by atoms with Crippen molar-refractivity contribution in [2.45, 2.75) is 13.5 Å². The maximum Gasteiger partial charge on any atom is 0.387 e. The molecule has 0 saturated heterocycles. The summed E-state index contributed by atoms with van der Waals surface area (Å²) in [5.74, 6) is -0.0149. The van der Waals surface area contributed by atoms with Gasteiger partial charge < -0.3 is 14.0 Å². The summed E-state index contributed by atoms with van der Waals surface area (Å²) in [5.41, 5.74) is 1.12. The van der Waals surface area contributed by atoms with Crippen LogP contribution in [0.4, 0.5) is 13.2 Å². The van der Waals surface area contributed by atoms with Crippen molar-refractivity contribution in [2.24, 2.45) is 0 Å². The Bertz CT molecular complexity index is 975. The van der Waals surface area contributed by atoms with Crippen molar-refractivity contribution < 1.29 is 27.2 Å². The van der Waals surface area contributed by atoms with E-state index in [4.69, 9.17) is 20.9 Å². The molecule has 5 nitrogen and oxygen atoms in total. The molecule has 0 fully saturated rings. The molecule has 1 aromatic heterocycles. The molecule has 0 aliphatic carbocycles. The van der Waals surface area contributed by atoms with Crippen LogP contribution in [-0.4, -0.2) is 23.4 Å². The SMILES string of the molecule is CCOc1cc(/C=C(\Cl)c2nc(-c3ccc(F)cc3)no2)ccc1OC(F)F. The fourth-order valence-corrected chi connectivity index (χ4v) is 2.52. The second-order valence-electron chi connectivity index (χ2n) is 5.44. The van der Waals surface area contributed by atoms with E-state index in [2.05, 4.69) is 14.9 Å². The van der Waals surface area contributed by atoms with Gasteiger partial charge in [-0.3, -0.25) is 0 Å². The standard InChI is InChI=1S/C19H14ClF3N2O3/c1-2-26-16-10-11(3-8-15(16)27-19(22)23)9-14(20)18-24-17(25-28-18)12-4-6-13(21)7-5-12/h3-10,19H,2H2,1H3/b14-9-. The highest BCUT2D eigenvalue weighted by Gasteiger charge is 2.14.